The van der Waals surface area contributed by atoms with Crippen molar-refractivity contribution in [1.82, 2.24) is 4.90 Å². The van der Waals surface area contributed by atoms with Gasteiger partial charge in [0.1, 0.15) is 0 Å². The SMILES string of the molecule is CC1(C)CN2C(=O)c3ccccc3C2(O[Si](C)(C)C)O1. The van der Waals surface area contributed by atoms with E-state index in [0.29, 0.717) is 12.1 Å². The van der Waals surface area contributed by atoms with Crippen LogP contribution in [-0.2, 0) is 15.1 Å². The highest BCUT2D eigenvalue weighted by atomic mass is 28.4. The maximum Gasteiger partial charge on any atom is 0.274 e. The van der Waals surface area contributed by atoms with Crippen molar-refractivity contribution in [2.45, 2.75) is 45.0 Å². The van der Waals surface area contributed by atoms with Gasteiger partial charge < -0.3 is 9.16 Å². The van der Waals surface area contributed by atoms with E-state index >= 15 is 0 Å². The fourth-order valence-electron chi connectivity index (χ4n) is 2.99. The van der Waals surface area contributed by atoms with E-state index in [-0.39, 0.29) is 5.91 Å². The molecule has 20 heavy (non-hydrogen) atoms. The minimum atomic E-state index is -1.90. The molecule has 1 atom stereocenters. The molecule has 0 aromatic heterocycles. The van der Waals surface area contributed by atoms with Gasteiger partial charge in [-0.05, 0) is 39.6 Å². The summed E-state index contributed by atoms with van der Waals surface area (Å²) in [4.78, 5) is 14.4. The van der Waals surface area contributed by atoms with Crippen LogP contribution < -0.4 is 0 Å². The van der Waals surface area contributed by atoms with Crippen LogP contribution in [0.4, 0.5) is 0 Å². The van der Waals surface area contributed by atoms with Gasteiger partial charge in [0.05, 0.1) is 17.7 Å². The topological polar surface area (TPSA) is 38.8 Å². The molecule has 1 unspecified atom stereocenters. The molecule has 0 aliphatic carbocycles. The van der Waals surface area contributed by atoms with E-state index in [2.05, 4.69) is 19.6 Å². The number of hydrogen-bond acceptors (Lipinski definition) is 3. The highest BCUT2D eigenvalue weighted by molar-refractivity contribution is 6.69. The van der Waals surface area contributed by atoms with Crippen LogP contribution in [0.1, 0.15) is 29.8 Å². The summed E-state index contributed by atoms with van der Waals surface area (Å²) in [7, 11) is -1.90. The first-order valence-corrected chi connectivity index (χ1v) is 10.4. The molecular formula is C15H21NO3Si. The number of amides is 1. The largest absolute Gasteiger partial charge is 0.371 e. The van der Waals surface area contributed by atoms with Gasteiger partial charge in [-0.3, -0.25) is 9.69 Å². The molecule has 3 rings (SSSR count). The van der Waals surface area contributed by atoms with Crippen molar-refractivity contribution >= 4 is 14.2 Å². The normalized spacial score (nSPS) is 27.6. The zero-order chi connectivity index (χ0) is 14.8. The van der Waals surface area contributed by atoms with Gasteiger partial charge in [0, 0.05) is 5.56 Å². The molecule has 0 radical (unpaired) electrons. The third-order valence-electron chi connectivity index (χ3n) is 3.50. The average molecular weight is 291 g/mol. The number of nitrogens with zero attached hydrogens (tertiary/aromatic N) is 1. The van der Waals surface area contributed by atoms with Gasteiger partial charge in [0.15, 0.2) is 8.32 Å². The zero-order valence-electron chi connectivity index (χ0n) is 12.7. The number of carbonyl (C=O) groups is 1. The molecule has 1 amide bonds. The molecule has 0 bridgehead atoms. The minimum absolute atomic E-state index is 0.00410. The van der Waals surface area contributed by atoms with E-state index in [1.54, 1.807) is 4.90 Å². The third-order valence-corrected chi connectivity index (χ3v) is 4.39. The van der Waals surface area contributed by atoms with E-state index in [9.17, 15) is 4.79 Å². The van der Waals surface area contributed by atoms with Crippen LogP contribution in [0.2, 0.25) is 19.6 Å². The van der Waals surface area contributed by atoms with Crippen LogP contribution in [0.3, 0.4) is 0 Å². The van der Waals surface area contributed by atoms with E-state index in [4.69, 9.17) is 9.16 Å². The Balaban J connectivity index is 2.17. The Labute approximate surface area is 120 Å². The highest BCUT2D eigenvalue weighted by Crippen LogP contribution is 2.50. The van der Waals surface area contributed by atoms with Crippen molar-refractivity contribution in [1.29, 1.82) is 0 Å². The molecule has 2 aliphatic rings. The Kier molecular flexibility index (Phi) is 2.71. The van der Waals surface area contributed by atoms with Crippen molar-refractivity contribution in [2.24, 2.45) is 0 Å². The number of benzene rings is 1. The molecule has 1 fully saturated rings. The molecule has 5 heteroatoms. The van der Waals surface area contributed by atoms with Crippen molar-refractivity contribution in [3.05, 3.63) is 35.4 Å². The fourth-order valence-corrected chi connectivity index (χ4v) is 4.08. The first kappa shape index (κ1) is 13.8. The number of fused-ring (bicyclic) bond motifs is 3. The van der Waals surface area contributed by atoms with Crippen LogP contribution in [0.15, 0.2) is 24.3 Å². The van der Waals surface area contributed by atoms with Gasteiger partial charge >= 0.3 is 0 Å². The smallest absolute Gasteiger partial charge is 0.274 e. The van der Waals surface area contributed by atoms with Gasteiger partial charge in [0.25, 0.3) is 11.8 Å². The second kappa shape index (κ2) is 3.93. The van der Waals surface area contributed by atoms with E-state index in [0.717, 1.165) is 5.56 Å². The summed E-state index contributed by atoms with van der Waals surface area (Å²) in [6.45, 7) is 10.9. The van der Waals surface area contributed by atoms with Crippen LogP contribution in [0, 0.1) is 0 Å². The van der Waals surface area contributed by atoms with Gasteiger partial charge in [-0.2, -0.15) is 0 Å². The Morgan fingerprint density at radius 2 is 1.90 bits per heavy atom. The predicted octanol–water partition coefficient (Wildman–Crippen LogP) is 2.91. The van der Waals surface area contributed by atoms with Crippen LogP contribution >= 0.6 is 0 Å². The summed E-state index contributed by atoms with van der Waals surface area (Å²) in [6.07, 6.45) is 0. The fraction of sp³-hybridized carbons (Fsp3) is 0.533. The Hall–Kier alpha value is -1.17. The van der Waals surface area contributed by atoms with E-state index in [1.165, 1.54) is 0 Å². The number of hydrogen-bond donors (Lipinski definition) is 0. The van der Waals surface area contributed by atoms with Gasteiger partial charge in [-0.15, -0.1) is 0 Å². The molecule has 2 heterocycles. The van der Waals surface area contributed by atoms with Gasteiger partial charge in [0.2, 0.25) is 0 Å². The highest BCUT2D eigenvalue weighted by Gasteiger charge is 2.61. The molecule has 108 valence electrons. The Bertz CT molecular complexity index is 579. The average Bonchev–Trinajstić information content (AvgIpc) is 2.67. The van der Waals surface area contributed by atoms with Crippen molar-refractivity contribution in [3.8, 4) is 0 Å². The second-order valence-electron chi connectivity index (χ2n) is 7.09. The quantitative estimate of drug-likeness (QED) is 0.786. The Morgan fingerprint density at radius 3 is 2.55 bits per heavy atom. The van der Waals surface area contributed by atoms with Gasteiger partial charge in [-0.25, -0.2) is 0 Å². The lowest BCUT2D eigenvalue weighted by atomic mass is 10.1. The summed E-state index contributed by atoms with van der Waals surface area (Å²) in [5, 5.41) is 0. The van der Waals surface area contributed by atoms with E-state index in [1.807, 2.05) is 38.1 Å². The summed E-state index contributed by atoms with van der Waals surface area (Å²) in [5.74, 6) is -1.02. The lowest BCUT2D eigenvalue weighted by Crippen LogP contribution is -2.48. The van der Waals surface area contributed by atoms with Crippen molar-refractivity contribution in [2.75, 3.05) is 6.54 Å². The first-order valence-electron chi connectivity index (χ1n) is 6.96. The third kappa shape index (κ3) is 1.92. The molecular weight excluding hydrogens is 270 g/mol. The molecule has 1 aromatic rings. The second-order valence-corrected chi connectivity index (χ2v) is 11.5. The molecule has 0 spiro atoms. The number of ether oxygens (including phenoxy) is 1. The first-order chi connectivity index (χ1) is 9.15. The molecule has 4 nitrogen and oxygen atoms in total. The van der Waals surface area contributed by atoms with E-state index < -0.39 is 19.8 Å². The summed E-state index contributed by atoms with van der Waals surface area (Å²) in [5.41, 5.74) is 1.14. The zero-order valence-corrected chi connectivity index (χ0v) is 13.7. The van der Waals surface area contributed by atoms with Crippen LogP contribution in [0.25, 0.3) is 0 Å². The van der Waals surface area contributed by atoms with Gasteiger partial charge in [-0.1, -0.05) is 18.2 Å². The predicted molar refractivity (Wildman–Crippen MR) is 78.8 cm³/mol. The molecule has 0 saturated carbocycles. The lowest BCUT2D eigenvalue weighted by molar-refractivity contribution is -0.249. The van der Waals surface area contributed by atoms with Crippen LogP contribution in [-0.4, -0.2) is 31.3 Å². The monoisotopic (exact) mass is 291 g/mol. The molecule has 2 aliphatic heterocycles. The minimum Gasteiger partial charge on any atom is -0.371 e. The molecule has 1 aromatic carbocycles. The molecule has 1 saturated heterocycles. The van der Waals surface area contributed by atoms with Crippen molar-refractivity contribution in [3.63, 3.8) is 0 Å². The molecule has 0 N–H and O–H groups in total. The standard InChI is InChI=1S/C15H21NO3Si/c1-14(2)10-16-13(17)11-8-6-7-9-12(11)15(16,18-14)19-20(3,4)5/h6-9H,10H2,1-5H3. The lowest BCUT2D eigenvalue weighted by Gasteiger charge is -2.37. The Morgan fingerprint density at radius 1 is 1.25 bits per heavy atom. The number of rotatable bonds is 2. The maximum atomic E-state index is 12.6. The summed E-state index contributed by atoms with van der Waals surface area (Å²) >= 11 is 0. The summed E-state index contributed by atoms with van der Waals surface area (Å²) in [6, 6.07) is 7.60. The number of carbonyl (C=O) groups excluding carboxylic acids is 1. The maximum absolute atomic E-state index is 12.6. The van der Waals surface area contributed by atoms with Crippen molar-refractivity contribution < 1.29 is 14.0 Å². The van der Waals surface area contributed by atoms with Crippen LogP contribution in [0.5, 0.6) is 0 Å². The summed E-state index contributed by atoms with van der Waals surface area (Å²) < 4.78 is 12.6.